The maximum atomic E-state index is 11.0. The summed E-state index contributed by atoms with van der Waals surface area (Å²) in [6, 6.07) is 10.6. The van der Waals surface area contributed by atoms with Crippen molar-refractivity contribution in [1.29, 1.82) is 0 Å². The van der Waals surface area contributed by atoms with Gasteiger partial charge in [0.1, 0.15) is 0 Å². The number of rotatable bonds is 8. The quantitative estimate of drug-likeness (QED) is 0.240. The van der Waals surface area contributed by atoms with Crippen molar-refractivity contribution in [1.82, 2.24) is 15.4 Å². The first-order valence-corrected chi connectivity index (χ1v) is 9.25. The Balaban J connectivity index is 0.00000484. The van der Waals surface area contributed by atoms with Gasteiger partial charge in [-0.1, -0.05) is 30.3 Å². The standard InChI is InChI=1S/C15H26N4O2S.HI/c1-13(9-10-14-7-5-4-6-8-14)19-15(16-2)17-11-12-18-22(3,20)21;/h4-8,13,18H,9-12H2,1-3H3,(H2,16,17,19);1H. The molecule has 1 rings (SSSR count). The first-order valence-electron chi connectivity index (χ1n) is 7.36. The first kappa shape index (κ1) is 22.1. The van der Waals surface area contributed by atoms with Crippen LogP contribution in [0.1, 0.15) is 18.9 Å². The van der Waals surface area contributed by atoms with Crippen LogP contribution in [0.25, 0.3) is 0 Å². The molecule has 0 saturated carbocycles. The van der Waals surface area contributed by atoms with Gasteiger partial charge in [0.15, 0.2) is 5.96 Å². The van der Waals surface area contributed by atoms with Crippen molar-refractivity contribution < 1.29 is 8.42 Å². The van der Waals surface area contributed by atoms with Crippen molar-refractivity contribution in [2.24, 2.45) is 4.99 Å². The van der Waals surface area contributed by atoms with E-state index in [0.717, 1.165) is 19.1 Å². The third kappa shape index (κ3) is 11.3. The van der Waals surface area contributed by atoms with E-state index in [1.165, 1.54) is 5.56 Å². The Morgan fingerprint density at radius 3 is 2.43 bits per heavy atom. The van der Waals surface area contributed by atoms with Crippen LogP contribution in [0.2, 0.25) is 0 Å². The fourth-order valence-electron chi connectivity index (χ4n) is 1.95. The molecule has 0 bridgehead atoms. The van der Waals surface area contributed by atoms with Crippen molar-refractivity contribution in [3.8, 4) is 0 Å². The van der Waals surface area contributed by atoms with Crippen LogP contribution in [0.5, 0.6) is 0 Å². The Morgan fingerprint density at radius 1 is 1.22 bits per heavy atom. The van der Waals surface area contributed by atoms with E-state index in [-0.39, 0.29) is 30.0 Å². The minimum atomic E-state index is -3.14. The summed E-state index contributed by atoms with van der Waals surface area (Å²) < 4.78 is 24.3. The number of hydrogen-bond acceptors (Lipinski definition) is 3. The number of aryl methyl sites for hydroxylation is 1. The highest BCUT2D eigenvalue weighted by atomic mass is 127. The maximum Gasteiger partial charge on any atom is 0.208 e. The Labute approximate surface area is 156 Å². The monoisotopic (exact) mass is 454 g/mol. The third-order valence-corrected chi connectivity index (χ3v) is 3.83. The number of sulfonamides is 1. The van der Waals surface area contributed by atoms with Gasteiger partial charge < -0.3 is 10.6 Å². The largest absolute Gasteiger partial charge is 0.355 e. The predicted octanol–water partition coefficient (Wildman–Crippen LogP) is 1.34. The summed E-state index contributed by atoms with van der Waals surface area (Å²) in [6.45, 7) is 2.92. The predicted molar refractivity (Wildman–Crippen MR) is 107 cm³/mol. The molecular weight excluding hydrogens is 427 g/mol. The van der Waals surface area contributed by atoms with E-state index in [4.69, 9.17) is 0 Å². The normalized spacial score (nSPS) is 13.1. The number of nitrogens with zero attached hydrogens (tertiary/aromatic N) is 1. The molecule has 0 aliphatic rings. The van der Waals surface area contributed by atoms with Gasteiger partial charge in [-0.25, -0.2) is 13.1 Å². The molecule has 1 unspecified atom stereocenters. The molecule has 132 valence electrons. The van der Waals surface area contributed by atoms with Crippen molar-refractivity contribution in [2.75, 3.05) is 26.4 Å². The molecule has 0 aliphatic heterocycles. The van der Waals surface area contributed by atoms with Crippen molar-refractivity contribution in [3.05, 3.63) is 35.9 Å². The fourth-order valence-corrected chi connectivity index (χ4v) is 2.42. The van der Waals surface area contributed by atoms with E-state index >= 15 is 0 Å². The molecule has 0 heterocycles. The van der Waals surface area contributed by atoms with Crippen LogP contribution in [0.4, 0.5) is 0 Å². The number of hydrogen-bond donors (Lipinski definition) is 3. The van der Waals surface area contributed by atoms with E-state index in [1.807, 2.05) is 18.2 Å². The zero-order chi connectivity index (χ0) is 16.4. The second kappa shape index (κ2) is 11.6. The van der Waals surface area contributed by atoms with Crippen LogP contribution in [-0.2, 0) is 16.4 Å². The van der Waals surface area contributed by atoms with E-state index in [0.29, 0.717) is 19.0 Å². The summed E-state index contributed by atoms with van der Waals surface area (Å²) in [5.41, 5.74) is 1.32. The molecule has 0 aliphatic carbocycles. The molecule has 1 atom stereocenters. The minimum absolute atomic E-state index is 0. The lowest BCUT2D eigenvalue weighted by atomic mass is 10.1. The number of guanidine groups is 1. The molecule has 1 aromatic rings. The van der Waals surface area contributed by atoms with Gasteiger partial charge in [0.25, 0.3) is 0 Å². The summed E-state index contributed by atoms with van der Waals surface area (Å²) >= 11 is 0. The Kier molecular flexibility index (Phi) is 11.2. The van der Waals surface area contributed by atoms with Crippen molar-refractivity contribution in [2.45, 2.75) is 25.8 Å². The molecule has 1 aromatic carbocycles. The van der Waals surface area contributed by atoms with Crippen LogP contribution in [0.3, 0.4) is 0 Å². The lowest BCUT2D eigenvalue weighted by Crippen LogP contribution is -2.44. The molecule has 6 nitrogen and oxygen atoms in total. The lowest BCUT2D eigenvalue weighted by Gasteiger charge is -2.18. The summed E-state index contributed by atoms with van der Waals surface area (Å²) in [7, 11) is -1.44. The van der Waals surface area contributed by atoms with E-state index in [1.54, 1.807) is 7.05 Å². The highest BCUT2D eigenvalue weighted by Crippen LogP contribution is 2.04. The van der Waals surface area contributed by atoms with E-state index < -0.39 is 10.0 Å². The number of halogens is 1. The number of nitrogens with one attached hydrogen (secondary N) is 3. The second-order valence-electron chi connectivity index (χ2n) is 5.24. The summed E-state index contributed by atoms with van der Waals surface area (Å²) in [4.78, 5) is 4.13. The average Bonchev–Trinajstić information content (AvgIpc) is 2.48. The number of benzene rings is 1. The average molecular weight is 454 g/mol. The second-order valence-corrected chi connectivity index (χ2v) is 7.07. The van der Waals surface area contributed by atoms with Gasteiger partial charge in [0.05, 0.1) is 6.26 Å². The van der Waals surface area contributed by atoms with Gasteiger partial charge in [-0.3, -0.25) is 4.99 Å². The minimum Gasteiger partial charge on any atom is -0.355 e. The molecule has 0 fully saturated rings. The van der Waals surface area contributed by atoms with Crippen LogP contribution >= 0.6 is 24.0 Å². The molecule has 8 heteroatoms. The molecule has 0 radical (unpaired) electrons. The molecule has 0 saturated heterocycles. The molecule has 0 amide bonds. The van der Waals surface area contributed by atoms with Gasteiger partial charge in [0, 0.05) is 26.2 Å². The first-order chi connectivity index (χ1) is 10.4. The third-order valence-electron chi connectivity index (χ3n) is 3.10. The highest BCUT2D eigenvalue weighted by Gasteiger charge is 2.06. The molecule has 23 heavy (non-hydrogen) atoms. The fraction of sp³-hybridized carbons (Fsp3) is 0.533. The summed E-state index contributed by atoms with van der Waals surface area (Å²) in [5.74, 6) is 0.677. The van der Waals surface area contributed by atoms with Gasteiger partial charge in [-0.15, -0.1) is 24.0 Å². The molecule has 0 spiro atoms. The molecule has 3 N–H and O–H groups in total. The molecular formula is C15H27IN4O2S. The van der Waals surface area contributed by atoms with Crippen molar-refractivity contribution in [3.63, 3.8) is 0 Å². The van der Waals surface area contributed by atoms with Gasteiger partial charge in [-0.2, -0.15) is 0 Å². The molecule has 0 aromatic heterocycles. The van der Waals surface area contributed by atoms with Gasteiger partial charge in [-0.05, 0) is 25.3 Å². The summed E-state index contributed by atoms with van der Waals surface area (Å²) in [6.07, 6.45) is 3.14. The summed E-state index contributed by atoms with van der Waals surface area (Å²) in [5, 5.41) is 6.38. The van der Waals surface area contributed by atoms with Crippen LogP contribution < -0.4 is 15.4 Å². The topological polar surface area (TPSA) is 82.6 Å². The van der Waals surface area contributed by atoms with Crippen LogP contribution in [-0.4, -0.2) is 46.8 Å². The lowest BCUT2D eigenvalue weighted by molar-refractivity contribution is 0.581. The van der Waals surface area contributed by atoms with Crippen molar-refractivity contribution >= 4 is 40.0 Å². The van der Waals surface area contributed by atoms with Crippen LogP contribution in [0, 0.1) is 0 Å². The number of aliphatic imine (C=N–C) groups is 1. The highest BCUT2D eigenvalue weighted by molar-refractivity contribution is 14.0. The van der Waals surface area contributed by atoms with Gasteiger partial charge >= 0.3 is 0 Å². The maximum absolute atomic E-state index is 11.0. The Bertz CT molecular complexity index is 564. The SMILES string of the molecule is CN=C(NCCNS(C)(=O)=O)NC(C)CCc1ccccc1.I. The van der Waals surface area contributed by atoms with Gasteiger partial charge in [0.2, 0.25) is 10.0 Å². The zero-order valence-electron chi connectivity index (χ0n) is 13.9. The van der Waals surface area contributed by atoms with E-state index in [2.05, 4.69) is 39.4 Å². The smallest absolute Gasteiger partial charge is 0.208 e. The van der Waals surface area contributed by atoms with Crippen LogP contribution in [0.15, 0.2) is 35.3 Å². The Morgan fingerprint density at radius 2 is 1.87 bits per heavy atom. The Hall–Kier alpha value is -0.870. The zero-order valence-corrected chi connectivity index (χ0v) is 17.0. The van der Waals surface area contributed by atoms with E-state index in [9.17, 15) is 8.42 Å².